The van der Waals surface area contributed by atoms with Crippen LogP contribution in [0.15, 0.2) is 0 Å². The summed E-state index contributed by atoms with van der Waals surface area (Å²) in [5, 5.41) is 10.2. The quantitative estimate of drug-likeness (QED) is 0.807. The van der Waals surface area contributed by atoms with Crippen molar-refractivity contribution >= 4 is 16.5 Å². The summed E-state index contributed by atoms with van der Waals surface area (Å²) in [5.41, 5.74) is 0.969. The Morgan fingerprint density at radius 3 is 2.53 bits per heavy atom. The summed E-state index contributed by atoms with van der Waals surface area (Å²) < 4.78 is 0. The fourth-order valence-electron chi connectivity index (χ4n) is 1.69. The van der Waals surface area contributed by atoms with Crippen molar-refractivity contribution in [3.63, 3.8) is 0 Å². The molecule has 1 aromatic heterocycles. The molecule has 5 heteroatoms. The van der Waals surface area contributed by atoms with Gasteiger partial charge in [-0.05, 0) is 14.0 Å². The zero-order valence-electron chi connectivity index (χ0n) is 9.23. The summed E-state index contributed by atoms with van der Waals surface area (Å²) in [7, 11) is 2.14. The summed E-state index contributed by atoms with van der Waals surface area (Å²) in [4.78, 5) is 10.1. The molecule has 0 bridgehead atoms. The van der Waals surface area contributed by atoms with Crippen LogP contribution in [-0.2, 0) is 6.61 Å². The summed E-state index contributed by atoms with van der Waals surface area (Å²) in [6, 6.07) is 0. The van der Waals surface area contributed by atoms with E-state index in [0.717, 1.165) is 41.9 Å². The third kappa shape index (κ3) is 2.30. The zero-order chi connectivity index (χ0) is 10.8. The molecule has 1 aliphatic heterocycles. The lowest BCUT2D eigenvalue weighted by Crippen LogP contribution is -2.44. The van der Waals surface area contributed by atoms with Crippen molar-refractivity contribution in [3.8, 4) is 0 Å². The number of anilines is 1. The third-order valence-corrected chi connectivity index (χ3v) is 4.00. The Morgan fingerprint density at radius 2 is 2.00 bits per heavy atom. The molecular weight excluding hydrogens is 210 g/mol. The van der Waals surface area contributed by atoms with E-state index in [1.807, 2.05) is 6.92 Å². The predicted octanol–water partition coefficient (Wildman–Crippen LogP) is 0.696. The van der Waals surface area contributed by atoms with Crippen molar-refractivity contribution in [3.05, 3.63) is 10.6 Å². The molecule has 4 nitrogen and oxygen atoms in total. The molecule has 1 saturated heterocycles. The van der Waals surface area contributed by atoms with E-state index >= 15 is 0 Å². The maximum absolute atomic E-state index is 9.12. The standard InChI is InChI=1S/C10H17N3OS/c1-8-9(7-14)15-10(11-8)13-5-3-12(2)4-6-13/h14H,3-7H2,1-2H3. The second-order valence-electron chi connectivity index (χ2n) is 3.95. The van der Waals surface area contributed by atoms with Crippen LogP contribution in [0.25, 0.3) is 0 Å². The number of likely N-dealkylation sites (N-methyl/N-ethyl adjacent to an activating group) is 1. The Labute approximate surface area is 94.2 Å². The van der Waals surface area contributed by atoms with Crippen LogP contribution in [-0.4, -0.2) is 48.2 Å². The number of aromatic nitrogens is 1. The predicted molar refractivity (Wildman–Crippen MR) is 62.5 cm³/mol. The number of rotatable bonds is 2. The number of piperazine rings is 1. The molecule has 84 valence electrons. The molecule has 1 fully saturated rings. The van der Waals surface area contributed by atoms with Gasteiger partial charge in [-0.2, -0.15) is 0 Å². The van der Waals surface area contributed by atoms with Gasteiger partial charge in [0.1, 0.15) is 0 Å². The highest BCUT2D eigenvalue weighted by atomic mass is 32.1. The van der Waals surface area contributed by atoms with Crippen LogP contribution in [0.5, 0.6) is 0 Å². The van der Waals surface area contributed by atoms with E-state index in [2.05, 4.69) is 21.8 Å². The van der Waals surface area contributed by atoms with Gasteiger partial charge in [-0.1, -0.05) is 11.3 Å². The Morgan fingerprint density at radius 1 is 1.33 bits per heavy atom. The second-order valence-corrected chi connectivity index (χ2v) is 5.02. The van der Waals surface area contributed by atoms with E-state index in [4.69, 9.17) is 5.11 Å². The number of aliphatic hydroxyl groups is 1. The minimum atomic E-state index is 0.108. The van der Waals surface area contributed by atoms with Crippen LogP contribution in [0.1, 0.15) is 10.6 Å². The molecule has 15 heavy (non-hydrogen) atoms. The molecule has 0 saturated carbocycles. The maximum atomic E-state index is 9.12. The SMILES string of the molecule is Cc1nc(N2CCN(C)CC2)sc1CO. The highest BCUT2D eigenvalue weighted by Gasteiger charge is 2.18. The minimum Gasteiger partial charge on any atom is -0.391 e. The Kier molecular flexibility index (Phi) is 3.23. The second kappa shape index (κ2) is 4.47. The molecule has 1 N–H and O–H groups in total. The lowest BCUT2D eigenvalue weighted by atomic mass is 10.3. The van der Waals surface area contributed by atoms with E-state index in [1.165, 1.54) is 0 Å². The van der Waals surface area contributed by atoms with Gasteiger partial charge in [0.15, 0.2) is 5.13 Å². The average Bonchev–Trinajstić information content (AvgIpc) is 2.61. The zero-order valence-corrected chi connectivity index (χ0v) is 10.0. The average molecular weight is 227 g/mol. The number of aryl methyl sites for hydroxylation is 1. The fraction of sp³-hybridized carbons (Fsp3) is 0.700. The van der Waals surface area contributed by atoms with E-state index in [0.29, 0.717) is 0 Å². The Hall–Kier alpha value is -0.650. The molecule has 0 amide bonds. The van der Waals surface area contributed by atoms with Gasteiger partial charge in [-0.3, -0.25) is 0 Å². The largest absolute Gasteiger partial charge is 0.391 e. The molecule has 2 rings (SSSR count). The molecule has 1 aliphatic rings. The van der Waals surface area contributed by atoms with Gasteiger partial charge in [0.2, 0.25) is 0 Å². The normalized spacial score (nSPS) is 18.5. The highest BCUT2D eigenvalue weighted by Crippen LogP contribution is 2.26. The molecule has 0 unspecified atom stereocenters. The van der Waals surface area contributed by atoms with Gasteiger partial charge in [0, 0.05) is 26.2 Å². The van der Waals surface area contributed by atoms with Crippen LogP contribution in [0, 0.1) is 6.92 Å². The molecule has 0 aliphatic carbocycles. The molecule has 0 aromatic carbocycles. The molecule has 0 spiro atoms. The summed E-state index contributed by atoms with van der Waals surface area (Å²) in [6.45, 7) is 6.32. The Bertz CT molecular complexity index is 331. The number of hydrogen-bond acceptors (Lipinski definition) is 5. The summed E-state index contributed by atoms with van der Waals surface area (Å²) in [5.74, 6) is 0. The van der Waals surface area contributed by atoms with Crippen molar-refractivity contribution < 1.29 is 5.11 Å². The van der Waals surface area contributed by atoms with Crippen molar-refractivity contribution in [1.82, 2.24) is 9.88 Å². The van der Waals surface area contributed by atoms with Crippen LogP contribution in [0.3, 0.4) is 0 Å². The lowest BCUT2D eigenvalue weighted by Gasteiger charge is -2.32. The maximum Gasteiger partial charge on any atom is 0.185 e. The van der Waals surface area contributed by atoms with E-state index < -0.39 is 0 Å². The van der Waals surface area contributed by atoms with Gasteiger partial charge in [0.05, 0.1) is 17.2 Å². The monoisotopic (exact) mass is 227 g/mol. The highest BCUT2D eigenvalue weighted by molar-refractivity contribution is 7.15. The van der Waals surface area contributed by atoms with Crippen LogP contribution in [0.2, 0.25) is 0 Å². The van der Waals surface area contributed by atoms with Gasteiger partial charge in [-0.15, -0.1) is 0 Å². The molecule has 2 heterocycles. The van der Waals surface area contributed by atoms with Gasteiger partial charge in [-0.25, -0.2) is 4.98 Å². The first-order chi connectivity index (χ1) is 7.20. The molecule has 0 atom stereocenters. The third-order valence-electron chi connectivity index (χ3n) is 2.80. The van der Waals surface area contributed by atoms with Gasteiger partial charge >= 0.3 is 0 Å². The first kappa shape index (κ1) is 10.9. The van der Waals surface area contributed by atoms with Crippen molar-refractivity contribution in [1.29, 1.82) is 0 Å². The molecule has 1 aromatic rings. The van der Waals surface area contributed by atoms with Gasteiger partial charge < -0.3 is 14.9 Å². The Balaban J connectivity index is 2.09. The fourth-order valence-corrected chi connectivity index (χ4v) is 2.66. The van der Waals surface area contributed by atoms with Crippen molar-refractivity contribution in [2.75, 3.05) is 38.1 Å². The molecule has 0 radical (unpaired) electrons. The van der Waals surface area contributed by atoms with E-state index in [9.17, 15) is 0 Å². The number of nitrogens with zero attached hydrogens (tertiary/aromatic N) is 3. The topological polar surface area (TPSA) is 39.6 Å². The first-order valence-corrected chi connectivity index (χ1v) is 6.03. The number of hydrogen-bond donors (Lipinski definition) is 1. The summed E-state index contributed by atoms with van der Waals surface area (Å²) in [6.07, 6.45) is 0. The van der Waals surface area contributed by atoms with Crippen LogP contribution < -0.4 is 4.90 Å². The van der Waals surface area contributed by atoms with Crippen LogP contribution >= 0.6 is 11.3 Å². The first-order valence-electron chi connectivity index (χ1n) is 5.21. The smallest absolute Gasteiger partial charge is 0.185 e. The van der Waals surface area contributed by atoms with Crippen molar-refractivity contribution in [2.45, 2.75) is 13.5 Å². The summed E-state index contributed by atoms with van der Waals surface area (Å²) >= 11 is 1.61. The lowest BCUT2D eigenvalue weighted by molar-refractivity contribution is 0.284. The number of thiazole rings is 1. The van der Waals surface area contributed by atoms with Gasteiger partial charge in [0.25, 0.3) is 0 Å². The molecular formula is C10H17N3OS. The van der Waals surface area contributed by atoms with Crippen LogP contribution in [0.4, 0.5) is 5.13 Å². The minimum absolute atomic E-state index is 0.108. The van der Waals surface area contributed by atoms with E-state index in [1.54, 1.807) is 11.3 Å². The number of aliphatic hydroxyl groups excluding tert-OH is 1. The van der Waals surface area contributed by atoms with E-state index in [-0.39, 0.29) is 6.61 Å². The van der Waals surface area contributed by atoms with Crippen molar-refractivity contribution in [2.24, 2.45) is 0 Å².